The summed E-state index contributed by atoms with van der Waals surface area (Å²) in [4.78, 5) is 25.8. The fraction of sp³-hybridized carbons (Fsp3) is 0.591. The molecule has 1 aromatic rings. The minimum atomic E-state index is -0.249. The largest absolute Gasteiger partial charge is 0.377 e. The van der Waals surface area contributed by atoms with Gasteiger partial charge in [0, 0.05) is 31.1 Å². The summed E-state index contributed by atoms with van der Waals surface area (Å²) in [5.74, 6) is 0.407. The van der Waals surface area contributed by atoms with Crippen LogP contribution in [0.3, 0.4) is 0 Å². The van der Waals surface area contributed by atoms with E-state index in [4.69, 9.17) is 25.8 Å². The number of hydrogen-bond acceptors (Lipinski definition) is 7. The van der Waals surface area contributed by atoms with E-state index in [0.29, 0.717) is 50.3 Å². The SMILES string of the molecule is O=C(COCCOCCOCC(=O)N1CCCCC1)NC1=NN(c2ccc(Cl)cc2)CC1. The molecule has 9 nitrogen and oxygen atoms in total. The van der Waals surface area contributed by atoms with E-state index >= 15 is 0 Å². The van der Waals surface area contributed by atoms with Gasteiger partial charge in [-0.3, -0.25) is 14.6 Å². The molecule has 0 bridgehead atoms. The Morgan fingerprint density at radius 1 is 0.906 bits per heavy atom. The Morgan fingerprint density at radius 3 is 2.28 bits per heavy atom. The van der Waals surface area contributed by atoms with Crippen LogP contribution in [-0.4, -0.2) is 81.8 Å². The molecule has 3 rings (SSSR count). The second-order valence-corrected chi connectivity index (χ2v) is 8.04. The highest BCUT2D eigenvalue weighted by molar-refractivity contribution is 6.30. The molecule has 2 aliphatic heterocycles. The molecule has 176 valence electrons. The summed E-state index contributed by atoms with van der Waals surface area (Å²) in [6.07, 6.45) is 3.99. The number of carbonyl (C=O) groups excluding carboxylic acids is 2. The molecule has 1 aromatic carbocycles. The monoisotopic (exact) mass is 466 g/mol. The number of hydrazone groups is 1. The highest BCUT2D eigenvalue weighted by Crippen LogP contribution is 2.21. The van der Waals surface area contributed by atoms with Crippen LogP contribution >= 0.6 is 11.6 Å². The molecular weight excluding hydrogens is 436 g/mol. The molecule has 0 aromatic heterocycles. The Labute approximate surface area is 193 Å². The van der Waals surface area contributed by atoms with E-state index in [-0.39, 0.29) is 25.0 Å². The predicted octanol–water partition coefficient (Wildman–Crippen LogP) is 2.04. The molecule has 0 saturated carbocycles. The Kier molecular flexibility index (Phi) is 10.2. The van der Waals surface area contributed by atoms with Crippen LogP contribution < -0.4 is 10.3 Å². The number of halogens is 1. The lowest BCUT2D eigenvalue weighted by Gasteiger charge is -2.26. The highest BCUT2D eigenvalue weighted by Gasteiger charge is 2.18. The molecule has 0 spiro atoms. The van der Waals surface area contributed by atoms with Gasteiger partial charge < -0.3 is 24.4 Å². The van der Waals surface area contributed by atoms with Crippen LogP contribution in [0.1, 0.15) is 25.7 Å². The molecule has 0 aliphatic carbocycles. The fourth-order valence-electron chi connectivity index (χ4n) is 3.44. The van der Waals surface area contributed by atoms with E-state index in [0.717, 1.165) is 31.6 Å². The van der Waals surface area contributed by atoms with Gasteiger partial charge in [0.25, 0.3) is 5.91 Å². The number of carbonyl (C=O) groups is 2. The molecule has 10 heteroatoms. The van der Waals surface area contributed by atoms with E-state index in [1.54, 1.807) is 12.1 Å². The quantitative estimate of drug-likeness (QED) is 0.502. The van der Waals surface area contributed by atoms with Crippen molar-refractivity contribution >= 4 is 34.9 Å². The third-order valence-corrected chi connectivity index (χ3v) is 5.37. The maximum Gasteiger partial charge on any atom is 0.251 e. The molecule has 2 aliphatic rings. The van der Waals surface area contributed by atoms with Crippen molar-refractivity contribution in [2.75, 3.05) is 64.3 Å². The van der Waals surface area contributed by atoms with Crippen molar-refractivity contribution < 1.29 is 23.8 Å². The number of likely N-dealkylation sites (tertiary alicyclic amines) is 1. The number of rotatable bonds is 11. The second-order valence-electron chi connectivity index (χ2n) is 7.60. The smallest absolute Gasteiger partial charge is 0.251 e. The molecule has 1 fully saturated rings. The van der Waals surface area contributed by atoms with Crippen molar-refractivity contribution in [3.63, 3.8) is 0 Å². The number of nitrogens with zero attached hydrogens (tertiary/aromatic N) is 3. The summed E-state index contributed by atoms with van der Waals surface area (Å²) >= 11 is 5.90. The summed E-state index contributed by atoms with van der Waals surface area (Å²) in [7, 11) is 0. The molecule has 2 heterocycles. The standard InChI is InChI=1S/C22H31ClN4O5/c23-18-4-6-19(7-5-18)27-11-8-20(25-27)24-21(28)16-31-14-12-30-13-15-32-17-22(29)26-9-2-1-3-10-26/h4-7H,1-3,8-17H2,(H,24,25,28). The number of amidine groups is 1. The van der Waals surface area contributed by atoms with Crippen molar-refractivity contribution in [1.29, 1.82) is 0 Å². The Morgan fingerprint density at radius 2 is 1.56 bits per heavy atom. The van der Waals surface area contributed by atoms with Gasteiger partial charge in [-0.15, -0.1) is 0 Å². The number of benzene rings is 1. The number of nitrogens with one attached hydrogen (secondary N) is 1. The Balaban J connectivity index is 1.18. The van der Waals surface area contributed by atoms with E-state index in [1.165, 1.54) is 6.42 Å². The molecule has 32 heavy (non-hydrogen) atoms. The summed E-state index contributed by atoms with van der Waals surface area (Å²) in [5.41, 5.74) is 0.923. The van der Waals surface area contributed by atoms with Gasteiger partial charge >= 0.3 is 0 Å². The predicted molar refractivity (Wildman–Crippen MR) is 122 cm³/mol. The third kappa shape index (κ3) is 8.38. The van der Waals surface area contributed by atoms with Crippen molar-refractivity contribution in [1.82, 2.24) is 10.2 Å². The van der Waals surface area contributed by atoms with Crippen LogP contribution in [0, 0.1) is 0 Å². The van der Waals surface area contributed by atoms with Crippen molar-refractivity contribution in [2.45, 2.75) is 25.7 Å². The first kappa shape index (κ1) is 24.4. The van der Waals surface area contributed by atoms with Crippen LogP contribution in [0.15, 0.2) is 29.4 Å². The molecule has 1 saturated heterocycles. The maximum atomic E-state index is 12.0. The zero-order valence-electron chi connectivity index (χ0n) is 18.3. The lowest BCUT2D eigenvalue weighted by atomic mass is 10.1. The van der Waals surface area contributed by atoms with Gasteiger partial charge in [-0.05, 0) is 43.5 Å². The van der Waals surface area contributed by atoms with E-state index in [2.05, 4.69) is 10.4 Å². The van der Waals surface area contributed by atoms with Gasteiger partial charge in [-0.2, -0.15) is 5.10 Å². The molecular formula is C22H31ClN4O5. The number of piperidine rings is 1. The first-order valence-electron chi connectivity index (χ1n) is 11.0. The highest BCUT2D eigenvalue weighted by atomic mass is 35.5. The fourth-order valence-corrected chi connectivity index (χ4v) is 3.56. The summed E-state index contributed by atoms with van der Waals surface area (Å²) in [6, 6.07) is 7.38. The van der Waals surface area contributed by atoms with Crippen molar-refractivity contribution in [2.24, 2.45) is 5.10 Å². The van der Waals surface area contributed by atoms with Gasteiger partial charge in [0.15, 0.2) is 0 Å². The van der Waals surface area contributed by atoms with Crippen LogP contribution in [0.25, 0.3) is 0 Å². The average molecular weight is 467 g/mol. The van der Waals surface area contributed by atoms with Crippen LogP contribution in [0.4, 0.5) is 5.69 Å². The minimum Gasteiger partial charge on any atom is -0.377 e. The number of anilines is 1. The molecule has 1 N–H and O–H groups in total. The van der Waals surface area contributed by atoms with Gasteiger partial charge in [-0.1, -0.05) is 11.6 Å². The average Bonchev–Trinajstić information content (AvgIpc) is 3.27. The lowest BCUT2D eigenvalue weighted by molar-refractivity contribution is -0.137. The van der Waals surface area contributed by atoms with Crippen LogP contribution in [0.2, 0.25) is 5.02 Å². The third-order valence-electron chi connectivity index (χ3n) is 5.12. The summed E-state index contributed by atoms with van der Waals surface area (Å²) in [6.45, 7) is 3.76. The Bertz CT molecular complexity index is 768. The van der Waals surface area contributed by atoms with Crippen molar-refractivity contribution in [3.8, 4) is 0 Å². The maximum absolute atomic E-state index is 12.0. The van der Waals surface area contributed by atoms with Gasteiger partial charge in [0.1, 0.15) is 19.0 Å². The minimum absolute atomic E-state index is 0.0437. The van der Waals surface area contributed by atoms with Gasteiger partial charge in [0.2, 0.25) is 5.91 Å². The molecule has 0 unspecified atom stereocenters. The van der Waals surface area contributed by atoms with Gasteiger partial charge in [0.05, 0.1) is 32.1 Å². The summed E-state index contributed by atoms with van der Waals surface area (Å²) < 4.78 is 16.1. The summed E-state index contributed by atoms with van der Waals surface area (Å²) in [5, 5.41) is 9.67. The van der Waals surface area contributed by atoms with E-state index in [9.17, 15) is 9.59 Å². The van der Waals surface area contributed by atoms with E-state index in [1.807, 2.05) is 22.0 Å². The first-order chi connectivity index (χ1) is 15.6. The lowest BCUT2D eigenvalue weighted by Crippen LogP contribution is -2.38. The number of ether oxygens (including phenoxy) is 3. The van der Waals surface area contributed by atoms with Gasteiger partial charge in [-0.25, -0.2) is 0 Å². The van der Waals surface area contributed by atoms with E-state index < -0.39 is 0 Å². The number of hydrogen-bond donors (Lipinski definition) is 1. The molecule has 0 radical (unpaired) electrons. The Hall–Kier alpha value is -2.20. The molecule has 0 atom stereocenters. The normalized spacial score (nSPS) is 16.2. The van der Waals surface area contributed by atoms with Crippen LogP contribution in [-0.2, 0) is 23.8 Å². The zero-order valence-corrected chi connectivity index (χ0v) is 19.0. The second kappa shape index (κ2) is 13.4. The van der Waals surface area contributed by atoms with Crippen molar-refractivity contribution in [3.05, 3.63) is 29.3 Å². The zero-order chi connectivity index (χ0) is 22.6. The topological polar surface area (TPSA) is 92.7 Å². The first-order valence-corrected chi connectivity index (χ1v) is 11.4. The van der Waals surface area contributed by atoms with Crippen LogP contribution in [0.5, 0.6) is 0 Å². The number of amides is 2. The molecule has 2 amide bonds.